The van der Waals surface area contributed by atoms with Crippen LogP contribution in [0.1, 0.15) is 39.0 Å². The van der Waals surface area contributed by atoms with Crippen molar-refractivity contribution in [2.45, 2.75) is 63.2 Å². The average Bonchev–Trinajstić information content (AvgIpc) is 2.71. The number of nitrogens with two attached hydrogens (primary N) is 4. The molecule has 192 valence electrons. The highest BCUT2D eigenvalue weighted by molar-refractivity contribution is 5.96. The van der Waals surface area contributed by atoms with E-state index >= 15 is 0 Å². The first kappa shape index (κ1) is 30.0. The summed E-state index contributed by atoms with van der Waals surface area (Å²) < 4.78 is 0. The van der Waals surface area contributed by atoms with Gasteiger partial charge in [-0.05, 0) is 26.2 Å². The fourth-order valence-corrected chi connectivity index (χ4v) is 2.56. The summed E-state index contributed by atoms with van der Waals surface area (Å²) in [5.74, 6) is -6.56. The Morgan fingerprint density at radius 3 is 1.82 bits per heavy atom. The molecule has 13 N–H and O–H groups in total. The maximum atomic E-state index is 12.7. The first-order valence-corrected chi connectivity index (χ1v) is 10.2. The Labute approximate surface area is 194 Å². The van der Waals surface area contributed by atoms with E-state index in [4.69, 9.17) is 28.0 Å². The van der Waals surface area contributed by atoms with Gasteiger partial charge in [0.15, 0.2) is 5.96 Å². The number of aliphatic imine (C=N–C) groups is 1. The van der Waals surface area contributed by atoms with Crippen molar-refractivity contribution in [1.82, 2.24) is 16.0 Å². The molecule has 0 spiro atoms. The molecular formula is C18H32N8O8. The van der Waals surface area contributed by atoms with Gasteiger partial charge in [0.05, 0.1) is 12.5 Å². The number of nitrogens with zero attached hydrogens (tertiary/aromatic N) is 1. The number of carboxylic acid groups (broad SMARTS) is 2. The summed E-state index contributed by atoms with van der Waals surface area (Å²) in [6.45, 7) is 1.44. The van der Waals surface area contributed by atoms with Crippen molar-refractivity contribution in [3.8, 4) is 0 Å². The first-order chi connectivity index (χ1) is 15.7. The van der Waals surface area contributed by atoms with Crippen molar-refractivity contribution >= 4 is 41.5 Å². The van der Waals surface area contributed by atoms with Gasteiger partial charge in [0.1, 0.15) is 18.1 Å². The number of nitrogens with one attached hydrogen (secondary N) is 3. The number of carbonyl (C=O) groups excluding carboxylic acids is 4. The molecule has 0 aromatic carbocycles. The molecule has 0 rings (SSSR count). The Kier molecular flexibility index (Phi) is 13.2. The van der Waals surface area contributed by atoms with E-state index in [9.17, 15) is 33.9 Å². The lowest BCUT2D eigenvalue weighted by Crippen LogP contribution is -2.57. The van der Waals surface area contributed by atoms with E-state index in [-0.39, 0.29) is 25.3 Å². The highest BCUT2D eigenvalue weighted by Gasteiger charge is 2.30. The van der Waals surface area contributed by atoms with Crippen LogP contribution in [0.5, 0.6) is 0 Å². The Morgan fingerprint density at radius 1 is 0.824 bits per heavy atom. The van der Waals surface area contributed by atoms with Gasteiger partial charge >= 0.3 is 11.9 Å². The molecule has 0 saturated heterocycles. The predicted octanol–water partition coefficient (Wildman–Crippen LogP) is -4.33. The second-order valence-corrected chi connectivity index (χ2v) is 7.36. The number of aliphatic carboxylic acids is 2. The molecule has 16 nitrogen and oxygen atoms in total. The minimum Gasteiger partial charge on any atom is -0.481 e. The van der Waals surface area contributed by atoms with Crippen LogP contribution >= 0.6 is 0 Å². The maximum Gasteiger partial charge on any atom is 0.326 e. The Hall–Kier alpha value is -3.95. The molecule has 4 amide bonds. The van der Waals surface area contributed by atoms with E-state index < -0.39 is 79.0 Å². The fraction of sp³-hybridized carbons (Fsp3) is 0.611. The quantitative estimate of drug-likeness (QED) is 0.0568. The van der Waals surface area contributed by atoms with E-state index in [1.54, 1.807) is 0 Å². The van der Waals surface area contributed by atoms with E-state index in [1.807, 2.05) is 0 Å². The lowest BCUT2D eigenvalue weighted by molar-refractivity contribution is -0.143. The number of guanidine groups is 1. The number of primary amides is 1. The lowest BCUT2D eigenvalue weighted by Gasteiger charge is -2.24. The van der Waals surface area contributed by atoms with Crippen LogP contribution in [0.4, 0.5) is 0 Å². The molecule has 0 aliphatic rings. The number of hydrogen-bond donors (Lipinski definition) is 9. The van der Waals surface area contributed by atoms with Crippen LogP contribution in [-0.2, 0) is 28.8 Å². The summed E-state index contributed by atoms with van der Waals surface area (Å²) in [6, 6.07) is -5.40. The van der Waals surface area contributed by atoms with Gasteiger partial charge in [0, 0.05) is 13.0 Å². The highest BCUT2D eigenvalue weighted by Crippen LogP contribution is 2.05. The molecule has 0 aliphatic heterocycles. The fourth-order valence-electron chi connectivity index (χ4n) is 2.56. The van der Waals surface area contributed by atoms with Crippen molar-refractivity contribution < 1.29 is 39.0 Å². The molecule has 0 saturated carbocycles. The van der Waals surface area contributed by atoms with Crippen LogP contribution in [-0.4, -0.2) is 82.5 Å². The van der Waals surface area contributed by atoms with Crippen molar-refractivity contribution in [3.63, 3.8) is 0 Å². The largest absolute Gasteiger partial charge is 0.481 e. The summed E-state index contributed by atoms with van der Waals surface area (Å²) in [5.41, 5.74) is 20.9. The molecule has 0 aromatic rings. The summed E-state index contributed by atoms with van der Waals surface area (Å²) in [6.07, 6.45) is -1.44. The van der Waals surface area contributed by atoms with E-state index in [0.717, 1.165) is 0 Å². The number of rotatable bonds is 16. The van der Waals surface area contributed by atoms with Crippen LogP contribution < -0.4 is 38.9 Å². The molecule has 0 fully saturated rings. The van der Waals surface area contributed by atoms with Crippen molar-refractivity contribution in [1.29, 1.82) is 0 Å². The topological polar surface area (TPSA) is 295 Å². The van der Waals surface area contributed by atoms with Gasteiger partial charge in [-0.2, -0.15) is 0 Å². The smallest absolute Gasteiger partial charge is 0.326 e. The zero-order valence-electron chi connectivity index (χ0n) is 18.7. The third kappa shape index (κ3) is 12.8. The molecule has 0 radical (unpaired) electrons. The predicted molar refractivity (Wildman–Crippen MR) is 118 cm³/mol. The van der Waals surface area contributed by atoms with Gasteiger partial charge in [-0.3, -0.25) is 29.0 Å². The molecule has 0 bridgehead atoms. The molecule has 0 heterocycles. The minimum atomic E-state index is -1.49. The molecule has 0 aliphatic carbocycles. The second-order valence-electron chi connectivity index (χ2n) is 7.36. The molecule has 16 heteroatoms. The number of hydrogen-bond acceptors (Lipinski definition) is 8. The van der Waals surface area contributed by atoms with Gasteiger partial charge in [-0.15, -0.1) is 0 Å². The number of amides is 4. The van der Waals surface area contributed by atoms with Crippen LogP contribution in [0.15, 0.2) is 4.99 Å². The van der Waals surface area contributed by atoms with E-state index in [1.165, 1.54) is 6.92 Å². The van der Waals surface area contributed by atoms with Gasteiger partial charge in [-0.25, -0.2) is 4.79 Å². The van der Waals surface area contributed by atoms with Gasteiger partial charge < -0.3 is 49.1 Å². The average molecular weight is 489 g/mol. The van der Waals surface area contributed by atoms with E-state index in [0.29, 0.717) is 0 Å². The van der Waals surface area contributed by atoms with Gasteiger partial charge in [-0.1, -0.05) is 0 Å². The van der Waals surface area contributed by atoms with Crippen LogP contribution in [0.25, 0.3) is 0 Å². The molecule has 4 unspecified atom stereocenters. The normalized spacial score (nSPS) is 13.9. The maximum absolute atomic E-state index is 12.7. The second kappa shape index (κ2) is 15.0. The standard InChI is InChI=1S/C18H32N8O8/c1-8(19)14(30)26-11(7-12(20)27)16(32)24-9(4-5-13(28)29)15(31)25-10(17(33)34)3-2-6-23-18(21)22/h8-11H,2-7,19H2,1H3,(H2,20,27)(H,24,32)(H,25,31)(H,26,30)(H,28,29)(H,33,34)(H4,21,22,23). The third-order valence-electron chi connectivity index (χ3n) is 4.29. The molecule has 0 aromatic heterocycles. The Bertz CT molecular complexity index is 797. The minimum absolute atomic E-state index is 0.0633. The summed E-state index contributed by atoms with van der Waals surface area (Å²) in [4.78, 5) is 74.6. The SMILES string of the molecule is CC(N)C(=O)NC(CC(N)=O)C(=O)NC(CCC(=O)O)C(=O)NC(CCCN=C(N)N)C(=O)O. The monoisotopic (exact) mass is 488 g/mol. The molecular weight excluding hydrogens is 456 g/mol. The molecule has 4 atom stereocenters. The van der Waals surface area contributed by atoms with Crippen LogP contribution in [0.2, 0.25) is 0 Å². The van der Waals surface area contributed by atoms with Crippen molar-refractivity contribution in [2.75, 3.05) is 6.54 Å². The van der Waals surface area contributed by atoms with Crippen molar-refractivity contribution in [2.24, 2.45) is 27.9 Å². The van der Waals surface area contributed by atoms with Gasteiger partial charge in [0.2, 0.25) is 23.6 Å². The lowest BCUT2D eigenvalue weighted by atomic mass is 10.1. The summed E-state index contributed by atoms with van der Waals surface area (Å²) >= 11 is 0. The summed E-state index contributed by atoms with van der Waals surface area (Å²) in [7, 11) is 0. The zero-order valence-corrected chi connectivity index (χ0v) is 18.7. The zero-order chi connectivity index (χ0) is 26.4. The number of carboxylic acids is 2. The van der Waals surface area contributed by atoms with E-state index in [2.05, 4.69) is 20.9 Å². The third-order valence-corrected chi connectivity index (χ3v) is 4.29. The Balaban J connectivity index is 5.47. The van der Waals surface area contributed by atoms with Crippen LogP contribution in [0.3, 0.4) is 0 Å². The number of carbonyl (C=O) groups is 6. The summed E-state index contributed by atoms with van der Waals surface area (Å²) in [5, 5.41) is 24.9. The van der Waals surface area contributed by atoms with Crippen LogP contribution in [0, 0.1) is 0 Å². The van der Waals surface area contributed by atoms with Gasteiger partial charge in [0.25, 0.3) is 0 Å². The highest BCUT2D eigenvalue weighted by atomic mass is 16.4. The Morgan fingerprint density at radius 2 is 1.35 bits per heavy atom. The molecule has 34 heavy (non-hydrogen) atoms. The van der Waals surface area contributed by atoms with Crippen molar-refractivity contribution in [3.05, 3.63) is 0 Å². The first-order valence-electron chi connectivity index (χ1n) is 10.2.